The normalized spacial score (nSPS) is 39.2. The average molecular weight is 278 g/mol. The molecule has 0 amide bonds. The highest BCUT2D eigenvalue weighted by Gasteiger charge is 2.28. The molecule has 0 N–H and O–H groups in total. The molecule has 20 heavy (non-hydrogen) atoms. The molecule has 3 rings (SSSR count). The maximum Gasteiger partial charge on any atom is 0.147 e. The van der Waals surface area contributed by atoms with Crippen LogP contribution >= 0.6 is 0 Å². The second kappa shape index (κ2) is 7.35. The molecule has 4 atom stereocenters. The zero-order valence-electron chi connectivity index (χ0n) is 12.3. The monoisotopic (exact) mass is 278 g/mol. The number of hydrogen-bond acceptors (Lipinski definition) is 4. The summed E-state index contributed by atoms with van der Waals surface area (Å²) in [6.07, 6.45) is 10.5. The van der Waals surface area contributed by atoms with E-state index in [0.29, 0.717) is 30.8 Å². The molecule has 1 aliphatic heterocycles. The van der Waals surface area contributed by atoms with Crippen molar-refractivity contribution in [3.8, 4) is 0 Å². The summed E-state index contributed by atoms with van der Waals surface area (Å²) < 4.78 is 12.1. The van der Waals surface area contributed by atoms with Crippen LogP contribution in [0.25, 0.3) is 0 Å². The lowest BCUT2D eigenvalue weighted by Gasteiger charge is -2.33. The Morgan fingerprint density at radius 1 is 0.700 bits per heavy atom. The first kappa shape index (κ1) is 14.2. The standard InChI is InChI=1S/C16H26N2O2/c1-3-7-15-13(5-1)9-17-11-18-10-14-6-2-4-8-16(14)20-12-19-15/h13-16H,1-10,12H2. The van der Waals surface area contributed by atoms with Crippen molar-refractivity contribution in [1.29, 1.82) is 0 Å². The number of nitrogens with zero attached hydrogens (tertiary/aromatic N) is 2. The first-order valence-electron chi connectivity index (χ1n) is 8.24. The zero-order chi connectivity index (χ0) is 13.6. The molecule has 1 heterocycles. The largest absolute Gasteiger partial charge is 0.352 e. The van der Waals surface area contributed by atoms with Crippen LogP contribution in [0.15, 0.2) is 9.98 Å². The van der Waals surface area contributed by atoms with Gasteiger partial charge in [0, 0.05) is 11.8 Å². The minimum atomic E-state index is 0.316. The number of rotatable bonds is 0. The highest BCUT2D eigenvalue weighted by atomic mass is 16.7. The molecule has 0 aromatic rings. The molecule has 0 bridgehead atoms. The first-order chi connectivity index (χ1) is 9.93. The second-order valence-electron chi connectivity index (χ2n) is 6.40. The maximum absolute atomic E-state index is 6.03. The number of ether oxygens (including phenoxy) is 2. The summed E-state index contributed by atoms with van der Waals surface area (Å²) in [5.74, 6) is 1.05. The Morgan fingerprint density at radius 3 is 1.75 bits per heavy atom. The van der Waals surface area contributed by atoms with Crippen molar-refractivity contribution in [1.82, 2.24) is 0 Å². The Balaban J connectivity index is 1.66. The van der Waals surface area contributed by atoms with Gasteiger partial charge in [-0.25, -0.2) is 9.98 Å². The van der Waals surface area contributed by atoms with Gasteiger partial charge in [-0.15, -0.1) is 0 Å². The van der Waals surface area contributed by atoms with Crippen LogP contribution in [-0.4, -0.2) is 38.1 Å². The molecule has 0 saturated heterocycles. The fraction of sp³-hybridized carbons (Fsp3) is 0.938. The quantitative estimate of drug-likeness (QED) is 0.682. The molecule has 2 fully saturated rings. The Morgan fingerprint density at radius 2 is 1.20 bits per heavy atom. The van der Waals surface area contributed by atoms with Crippen molar-refractivity contribution in [2.24, 2.45) is 21.8 Å². The van der Waals surface area contributed by atoms with Gasteiger partial charge in [-0.05, 0) is 25.7 Å². The summed E-state index contributed by atoms with van der Waals surface area (Å²) in [7, 11) is 0. The van der Waals surface area contributed by atoms with Crippen LogP contribution in [0.1, 0.15) is 51.4 Å². The van der Waals surface area contributed by atoms with Gasteiger partial charge >= 0.3 is 0 Å². The lowest BCUT2D eigenvalue weighted by atomic mass is 9.86. The van der Waals surface area contributed by atoms with E-state index in [1.165, 1.54) is 38.5 Å². The average Bonchev–Trinajstić information content (AvgIpc) is 2.48. The van der Waals surface area contributed by atoms with Gasteiger partial charge in [-0.3, -0.25) is 0 Å². The molecular formula is C16H26N2O2. The predicted octanol–water partition coefficient (Wildman–Crippen LogP) is 3.28. The smallest absolute Gasteiger partial charge is 0.147 e. The van der Waals surface area contributed by atoms with Gasteiger partial charge in [0.25, 0.3) is 0 Å². The third-order valence-electron chi connectivity index (χ3n) is 5.04. The van der Waals surface area contributed by atoms with Crippen molar-refractivity contribution < 1.29 is 9.47 Å². The highest BCUT2D eigenvalue weighted by Crippen LogP contribution is 2.30. The van der Waals surface area contributed by atoms with E-state index in [2.05, 4.69) is 16.0 Å². The minimum absolute atomic E-state index is 0.316. The minimum Gasteiger partial charge on any atom is -0.352 e. The van der Waals surface area contributed by atoms with Crippen LogP contribution in [0.2, 0.25) is 0 Å². The molecule has 3 aliphatic rings. The van der Waals surface area contributed by atoms with E-state index in [4.69, 9.17) is 9.47 Å². The first-order valence-corrected chi connectivity index (χ1v) is 8.24. The van der Waals surface area contributed by atoms with Crippen molar-refractivity contribution >= 4 is 6.01 Å². The van der Waals surface area contributed by atoms with Crippen LogP contribution in [0, 0.1) is 11.8 Å². The van der Waals surface area contributed by atoms with Crippen LogP contribution in [-0.2, 0) is 9.47 Å². The van der Waals surface area contributed by atoms with Crippen molar-refractivity contribution in [3.63, 3.8) is 0 Å². The van der Waals surface area contributed by atoms with Gasteiger partial charge in [0.1, 0.15) is 6.79 Å². The SMILES string of the molecule is C1=NCC2CCCCC2OCOC2CCCCC2CN=1. The van der Waals surface area contributed by atoms with Crippen LogP contribution < -0.4 is 0 Å². The third-order valence-corrected chi connectivity index (χ3v) is 5.04. The highest BCUT2D eigenvalue weighted by molar-refractivity contribution is 5.41. The summed E-state index contributed by atoms with van der Waals surface area (Å²) in [5.41, 5.74) is 0. The molecule has 2 saturated carbocycles. The zero-order valence-corrected chi connectivity index (χ0v) is 12.3. The molecule has 112 valence electrons. The lowest BCUT2D eigenvalue weighted by molar-refractivity contribution is -0.153. The van der Waals surface area contributed by atoms with E-state index in [1.54, 1.807) is 0 Å². The van der Waals surface area contributed by atoms with Crippen LogP contribution in [0.5, 0.6) is 0 Å². The van der Waals surface area contributed by atoms with Crippen molar-refractivity contribution in [2.45, 2.75) is 63.6 Å². The number of fused-ring (bicyclic) bond motifs is 2. The number of hydrogen-bond donors (Lipinski definition) is 0. The van der Waals surface area contributed by atoms with E-state index in [9.17, 15) is 0 Å². The topological polar surface area (TPSA) is 43.2 Å². The fourth-order valence-corrected chi connectivity index (χ4v) is 3.78. The Bertz CT molecular complexity index is 335. The van der Waals surface area contributed by atoms with Gasteiger partial charge in [0.05, 0.1) is 31.3 Å². The lowest BCUT2D eigenvalue weighted by Crippen LogP contribution is -2.34. The summed E-state index contributed by atoms with van der Waals surface area (Å²) in [6, 6.07) is 2.91. The molecule has 2 aliphatic carbocycles. The van der Waals surface area contributed by atoms with E-state index in [-0.39, 0.29) is 0 Å². The van der Waals surface area contributed by atoms with Gasteiger partial charge in [0.2, 0.25) is 0 Å². The summed E-state index contributed by atoms with van der Waals surface area (Å²) in [4.78, 5) is 8.78. The van der Waals surface area contributed by atoms with E-state index in [1.807, 2.05) is 0 Å². The molecule has 4 heteroatoms. The Labute approximate surface area is 121 Å². The van der Waals surface area contributed by atoms with E-state index >= 15 is 0 Å². The number of aliphatic imine (C=N–C) groups is 2. The summed E-state index contributed by atoms with van der Waals surface area (Å²) in [5, 5.41) is 0. The van der Waals surface area contributed by atoms with E-state index < -0.39 is 0 Å². The van der Waals surface area contributed by atoms with Gasteiger partial charge in [0.15, 0.2) is 0 Å². The van der Waals surface area contributed by atoms with Gasteiger partial charge < -0.3 is 9.47 Å². The van der Waals surface area contributed by atoms with Crippen molar-refractivity contribution in [3.05, 3.63) is 0 Å². The molecular weight excluding hydrogens is 252 g/mol. The van der Waals surface area contributed by atoms with Crippen molar-refractivity contribution in [2.75, 3.05) is 19.9 Å². The van der Waals surface area contributed by atoms with Crippen LogP contribution in [0.4, 0.5) is 0 Å². The van der Waals surface area contributed by atoms with Gasteiger partial charge in [-0.1, -0.05) is 25.7 Å². The predicted molar refractivity (Wildman–Crippen MR) is 78.1 cm³/mol. The third kappa shape index (κ3) is 3.69. The molecule has 4 nitrogen and oxygen atoms in total. The van der Waals surface area contributed by atoms with E-state index in [0.717, 1.165) is 25.9 Å². The molecule has 0 radical (unpaired) electrons. The van der Waals surface area contributed by atoms with Crippen LogP contribution in [0.3, 0.4) is 0 Å². The molecule has 4 unspecified atom stereocenters. The Hall–Kier alpha value is -0.700. The molecule has 0 aromatic heterocycles. The van der Waals surface area contributed by atoms with Gasteiger partial charge in [-0.2, -0.15) is 0 Å². The second-order valence-corrected chi connectivity index (χ2v) is 6.40. The fourth-order valence-electron chi connectivity index (χ4n) is 3.78. The summed E-state index contributed by atoms with van der Waals surface area (Å²) >= 11 is 0. The molecule has 0 spiro atoms. The Kier molecular flexibility index (Phi) is 5.23. The maximum atomic E-state index is 6.03. The summed E-state index contributed by atoms with van der Waals surface area (Å²) in [6.45, 7) is 2.07. The molecule has 0 aromatic carbocycles.